The molecule has 1 atom stereocenters. The summed E-state index contributed by atoms with van der Waals surface area (Å²) in [6.07, 6.45) is 0. The van der Waals surface area contributed by atoms with Crippen LogP contribution in [0.4, 0.5) is 5.95 Å². The molecule has 0 spiro atoms. The number of anilines is 1. The molecule has 0 aliphatic rings. The maximum atomic E-state index is 11.6. The molecule has 1 unspecified atom stereocenters. The van der Waals surface area contributed by atoms with Gasteiger partial charge in [-0.25, -0.2) is 0 Å². The number of H-pyrrole nitrogens is 1. The third-order valence-corrected chi connectivity index (χ3v) is 2.52. The Labute approximate surface area is 93.5 Å². The second-order valence-electron chi connectivity index (χ2n) is 4.11. The molecule has 6 heteroatoms. The first kappa shape index (κ1) is 12.4. The highest BCUT2D eigenvalue weighted by atomic mass is 16.2. The average Bonchev–Trinajstić information content (AvgIpc) is 2.22. The second kappa shape index (κ2) is 4.87. The maximum Gasteiger partial charge on any atom is 0.273 e. The fraction of sp³-hybridized carbons (Fsp3) is 0.600. The normalized spacial score (nSPS) is 12.6. The molecular weight excluding hydrogens is 208 g/mol. The van der Waals surface area contributed by atoms with E-state index in [2.05, 4.69) is 20.5 Å². The molecule has 0 aromatic carbocycles. The highest BCUT2D eigenvalue weighted by Gasteiger charge is 2.17. The van der Waals surface area contributed by atoms with Gasteiger partial charge in [-0.05, 0) is 12.8 Å². The molecule has 2 N–H and O–H groups in total. The quantitative estimate of drug-likeness (QED) is 0.791. The summed E-state index contributed by atoms with van der Waals surface area (Å²) in [4.78, 5) is 25.3. The summed E-state index contributed by atoms with van der Waals surface area (Å²) in [5.41, 5.74) is -0.0718. The van der Waals surface area contributed by atoms with E-state index in [0.29, 0.717) is 0 Å². The highest BCUT2D eigenvalue weighted by molar-refractivity contribution is 5.90. The number of aromatic nitrogens is 3. The molecule has 1 rings (SSSR count). The fourth-order valence-corrected chi connectivity index (χ4v) is 0.983. The number of carbonyl (C=O) groups excluding carboxylic acids is 1. The summed E-state index contributed by atoms with van der Waals surface area (Å²) in [5, 5.41) is 9.83. The van der Waals surface area contributed by atoms with Crippen molar-refractivity contribution >= 4 is 11.9 Å². The molecule has 1 heterocycles. The van der Waals surface area contributed by atoms with Crippen LogP contribution >= 0.6 is 0 Å². The number of carbonyl (C=O) groups is 1. The predicted molar refractivity (Wildman–Crippen MR) is 60.0 cm³/mol. The van der Waals surface area contributed by atoms with E-state index in [0.717, 1.165) is 0 Å². The second-order valence-corrected chi connectivity index (χ2v) is 4.11. The molecular formula is C10H16N4O2. The molecule has 0 aliphatic heterocycles. The number of rotatable bonds is 3. The van der Waals surface area contributed by atoms with Crippen LogP contribution in [0.3, 0.4) is 0 Å². The molecule has 0 saturated heterocycles. The van der Waals surface area contributed by atoms with E-state index < -0.39 is 0 Å². The standard InChI is InChI=1S/C10H16N4O2/c1-5(2)6(3)8(15)11-10-12-9(16)7(4)13-14-10/h5-6H,1-4H3,(H2,11,12,14,15,16). The molecule has 88 valence electrons. The molecule has 1 amide bonds. The largest absolute Gasteiger partial charge is 0.295 e. The van der Waals surface area contributed by atoms with Crippen molar-refractivity contribution in [3.8, 4) is 0 Å². The Balaban J connectivity index is 2.78. The summed E-state index contributed by atoms with van der Waals surface area (Å²) in [7, 11) is 0. The van der Waals surface area contributed by atoms with Gasteiger partial charge in [0.05, 0.1) is 0 Å². The van der Waals surface area contributed by atoms with Gasteiger partial charge in [-0.3, -0.25) is 19.9 Å². The van der Waals surface area contributed by atoms with Crippen molar-refractivity contribution in [3.63, 3.8) is 0 Å². The molecule has 0 fully saturated rings. The first-order valence-corrected chi connectivity index (χ1v) is 5.16. The molecule has 1 aromatic heterocycles. The number of hydrogen-bond acceptors (Lipinski definition) is 4. The van der Waals surface area contributed by atoms with Crippen LogP contribution in [0.5, 0.6) is 0 Å². The molecule has 6 nitrogen and oxygen atoms in total. The van der Waals surface area contributed by atoms with Crippen LogP contribution < -0.4 is 10.9 Å². The van der Waals surface area contributed by atoms with Crippen molar-refractivity contribution in [2.75, 3.05) is 5.32 Å². The summed E-state index contributed by atoms with van der Waals surface area (Å²) in [6, 6.07) is 0. The van der Waals surface area contributed by atoms with Gasteiger partial charge in [-0.1, -0.05) is 20.8 Å². The number of nitrogens with one attached hydrogen (secondary N) is 2. The van der Waals surface area contributed by atoms with E-state index >= 15 is 0 Å². The van der Waals surface area contributed by atoms with E-state index in [4.69, 9.17) is 0 Å². The minimum atomic E-state index is -0.345. The van der Waals surface area contributed by atoms with Crippen LogP contribution in [-0.2, 0) is 4.79 Å². The van der Waals surface area contributed by atoms with Crippen LogP contribution in [0.25, 0.3) is 0 Å². The van der Waals surface area contributed by atoms with Gasteiger partial charge in [0.15, 0.2) is 0 Å². The van der Waals surface area contributed by atoms with Crippen LogP contribution in [0.15, 0.2) is 4.79 Å². The van der Waals surface area contributed by atoms with Gasteiger partial charge in [0.2, 0.25) is 11.9 Å². The zero-order valence-electron chi connectivity index (χ0n) is 9.87. The Hall–Kier alpha value is -1.72. The Bertz CT molecular complexity index is 439. The smallest absolute Gasteiger partial charge is 0.273 e. The zero-order chi connectivity index (χ0) is 12.3. The first-order chi connectivity index (χ1) is 7.41. The van der Waals surface area contributed by atoms with Crippen molar-refractivity contribution in [2.45, 2.75) is 27.7 Å². The lowest BCUT2D eigenvalue weighted by atomic mass is 9.97. The van der Waals surface area contributed by atoms with E-state index in [1.54, 1.807) is 6.92 Å². The fourth-order valence-electron chi connectivity index (χ4n) is 0.983. The third kappa shape index (κ3) is 2.88. The lowest BCUT2D eigenvalue weighted by Crippen LogP contribution is -2.27. The first-order valence-electron chi connectivity index (χ1n) is 5.16. The van der Waals surface area contributed by atoms with Gasteiger partial charge in [-0.2, -0.15) is 0 Å². The summed E-state index contributed by atoms with van der Waals surface area (Å²) < 4.78 is 0. The maximum absolute atomic E-state index is 11.6. The molecule has 0 saturated carbocycles. The predicted octanol–water partition coefficient (Wildman–Crippen LogP) is 0.704. The van der Waals surface area contributed by atoms with Gasteiger partial charge in [-0.15, -0.1) is 10.2 Å². The monoisotopic (exact) mass is 224 g/mol. The van der Waals surface area contributed by atoms with E-state index in [1.165, 1.54) is 0 Å². The van der Waals surface area contributed by atoms with Crippen LogP contribution in [0, 0.1) is 18.8 Å². The highest BCUT2D eigenvalue weighted by Crippen LogP contribution is 2.10. The van der Waals surface area contributed by atoms with Crippen molar-refractivity contribution in [1.29, 1.82) is 0 Å². The summed E-state index contributed by atoms with van der Waals surface area (Å²) in [6.45, 7) is 7.27. The van der Waals surface area contributed by atoms with Crippen LogP contribution in [0.2, 0.25) is 0 Å². The summed E-state index contributed by atoms with van der Waals surface area (Å²) >= 11 is 0. The van der Waals surface area contributed by atoms with E-state index in [9.17, 15) is 9.59 Å². The van der Waals surface area contributed by atoms with Gasteiger partial charge in [0.1, 0.15) is 5.69 Å². The number of aryl methyl sites for hydroxylation is 1. The average molecular weight is 224 g/mol. The lowest BCUT2D eigenvalue weighted by molar-refractivity contribution is -0.120. The van der Waals surface area contributed by atoms with Crippen molar-refractivity contribution in [2.24, 2.45) is 11.8 Å². The van der Waals surface area contributed by atoms with Crippen LogP contribution in [0.1, 0.15) is 26.5 Å². The van der Waals surface area contributed by atoms with E-state index in [1.807, 2.05) is 20.8 Å². The lowest BCUT2D eigenvalue weighted by Gasteiger charge is -2.14. The minimum Gasteiger partial charge on any atom is -0.295 e. The van der Waals surface area contributed by atoms with Gasteiger partial charge < -0.3 is 0 Å². The number of nitrogens with zero attached hydrogens (tertiary/aromatic N) is 2. The van der Waals surface area contributed by atoms with Gasteiger partial charge in [0, 0.05) is 5.92 Å². The Morgan fingerprint density at radius 1 is 1.31 bits per heavy atom. The SMILES string of the molecule is Cc1nnc(NC(=O)C(C)C(C)C)[nH]c1=O. The van der Waals surface area contributed by atoms with Crippen molar-refractivity contribution < 1.29 is 4.79 Å². The zero-order valence-corrected chi connectivity index (χ0v) is 9.87. The molecule has 0 aliphatic carbocycles. The van der Waals surface area contributed by atoms with E-state index in [-0.39, 0.29) is 34.9 Å². The van der Waals surface area contributed by atoms with Crippen molar-refractivity contribution in [1.82, 2.24) is 15.2 Å². The molecule has 0 radical (unpaired) electrons. The number of amides is 1. The number of hydrogen-bond donors (Lipinski definition) is 2. The minimum absolute atomic E-state index is 0.0908. The van der Waals surface area contributed by atoms with Gasteiger partial charge >= 0.3 is 0 Å². The molecule has 1 aromatic rings. The Morgan fingerprint density at radius 2 is 1.94 bits per heavy atom. The number of aromatic amines is 1. The Morgan fingerprint density at radius 3 is 2.44 bits per heavy atom. The topological polar surface area (TPSA) is 87.7 Å². The van der Waals surface area contributed by atoms with Crippen molar-refractivity contribution in [3.05, 3.63) is 16.0 Å². The molecule has 0 bridgehead atoms. The summed E-state index contributed by atoms with van der Waals surface area (Å²) in [5.74, 6) is -0.00589. The third-order valence-electron chi connectivity index (χ3n) is 2.52. The molecule has 16 heavy (non-hydrogen) atoms. The van der Waals surface area contributed by atoms with Gasteiger partial charge in [0.25, 0.3) is 5.56 Å². The Kier molecular flexibility index (Phi) is 3.76. The van der Waals surface area contributed by atoms with Crippen LogP contribution in [-0.4, -0.2) is 21.1 Å².